The van der Waals surface area contributed by atoms with Crippen molar-refractivity contribution in [2.45, 2.75) is 129 Å². The summed E-state index contributed by atoms with van der Waals surface area (Å²) in [4.78, 5) is 0. The van der Waals surface area contributed by atoms with Gasteiger partial charge in [-0.05, 0) is 0 Å². The van der Waals surface area contributed by atoms with E-state index < -0.39 is 0 Å². The average Bonchev–Trinajstić information content (AvgIpc) is 2.47. The van der Waals surface area contributed by atoms with Gasteiger partial charge in [0, 0.05) is 29.6 Å². The molecule has 0 nitrogen and oxygen atoms in total. The molecule has 0 saturated heterocycles. The minimum absolute atomic E-state index is 0. The third-order valence-corrected chi connectivity index (χ3v) is 4.46. The average molecular weight is 306 g/mol. The van der Waals surface area contributed by atoms with Crippen molar-refractivity contribution in [1.29, 1.82) is 0 Å². The van der Waals surface area contributed by atoms with Crippen molar-refractivity contribution < 1.29 is 0 Å². The van der Waals surface area contributed by atoms with E-state index >= 15 is 0 Å². The summed E-state index contributed by atoms with van der Waals surface area (Å²) < 4.78 is 0. The van der Waals surface area contributed by atoms with Crippen molar-refractivity contribution in [2.75, 3.05) is 0 Å². The fraction of sp³-hybridized carbons (Fsp3) is 1.00. The van der Waals surface area contributed by atoms with Gasteiger partial charge in [0.25, 0.3) is 0 Å². The first kappa shape index (κ1) is 24.3. The van der Waals surface area contributed by atoms with Gasteiger partial charge in [0.1, 0.15) is 0 Å². The molecule has 0 saturated carbocycles. The number of rotatable bonds is 17. The van der Waals surface area contributed by atoms with Crippen LogP contribution in [0.4, 0.5) is 0 Å². The minimum atomic E-state index is 0. The van der Waals surface area contributed by atoms with Gasteiger partial charge < -0.3 is 0 Å². The topological polar surface area (TPSA) is 0 Å². The van der Waals surface area contributed by atoms with Crippen LogP contribution in [0.3, 0.4) is 0 Å². The molecule has 0 N–H and O–H groups in total. The Bertz CT molecular complexity index is 138. The molecule has 0 rings (SSSR count). The molecule has 0 aliphatic heterocycles. The normalized spacial score (nSPS) is 10.6. The summed E-state index contributed by atoms with van der Waals surface area (Å²) in [6.07, 6.45) is 26.4. The van der Waals surface area contributed by atoms with Crippen LogP contribution in [-0.4, -0.2) is 29.6 Å². The molecule has 0 atom stereocenters. The van der Waals surface area contributed by atoms with E-state index in [9.17, 15) is 0 Å². The van der Waals surface area contributed by atoms with Crippen molar-refractivity contribution in [1.82, 2.24) is 0 Å². The molecule has 1 radical (unpaired) electrons. The molecule has 1 heteroatoms. The third-order valence-electron chi connectivity index (χ3n) is 4.46. The van der Waals surface area contributed by atoms with Gasteiger partial charge in [0.05, 0.1) is 0 Å². The van der Waals surface area contributed by atoms with Gasteiger partial charge in [-0.15, -0.1) is 0 Å². The van der Waals surface area contributed by atoms with Crippen molar-refractivity contribution in [3.8, 4) is 0 Å². The number of hydrogen-bond acceptors (Lipinski definition) is 0. The fourth-order valence-corrected chi connectivity index (χ4v) is 2.97. The standard InChI is InChI=1S/C20H42.Na/c1-3-5-7-9-11-13-15-17-19-20-18-16-14-12-10-8-6-4-2;/h3-20H2,1-2H3;. The van der Waals surface area contributed by atoms with Crippen LogP contribution in [-0.2, 0) is 0 Å². The van der Waals surface area contributed by atoms with E-state index in [1.54, 1.807) is 0 Å². The molecule has 0 fully saturated rings. The molecule has 0 amide bonds. The maximum absolute atomic E-state index is 2.30. The zero-order valence-electron chi connectivity index (χ0n) is 15.7. The Balaban J connectivity index is 0. The SMILES string of the molecule is CCCCCCCCCCCCCCCCCCCC.[Na]. The third kappa shape index (κ3) is 23.4. The second-order valence-corrected chi connectivity index (χ2v) is 6.66. The molecular formula is C20H42Na. The first-order chi connectivity index (χ1) is 9.91. The van der Waals surface area contributed by atoms with Crippen molar-refractivity contribution in [3.63, 3.8) is 0 Å². The largest absolute Gasteiger partial charge is 0.0654 e. The van der Waals surface area contributed by atoms with Gasteiger partial charge in [-0.25, -0.2) is 0 Å². The van der Waals surface area contributed by atoms with Crippen LogP contribution >= 0.6 is 0 Å². The van der Waals surface area contributed by atoms with Crippen molar-refractivity contribution >= 4 is 29.6 Å². The molecule has 21 heavy (non-hydrogen) atoms. The van der Waals surface area contributed by atoms with E-state index in [2.05, 4.69) is 13.8 Å². The van der Waals surface area contributed by atoms with Crippen LogP contribution in [0.2, 0.25) is 0 Å². The molecule has 0 aromatic rings. The monoisotopic (exact) mass is 305 g/mol. The van der Waals surface area contributed by atoms with Crippen LogP contribution in [0.1, 0.15) is 129 Å². The molecule has 0 heterocycles. The van der Waals surface area contributed by atoms with Gasteiger partial charge in [0.2, 0.25) is 0 Å². The van der Waals surface area contributed by atoms with E-state index in [-0.39, 0.29) is 29.6 Å². The maximum atomic E-state index is 2.30. The fourth-order valence-electron chi connectivity index (χ4n) is 2.97. The van der Waals surface area contributed by atoms with Gasteiger partial charge >= 0.3 is 0 Å². The van der Waals surface area contributed by atoms with E-state index in [1.165, 1.54) is 116 Å². The van der Waals surface area contributed by atoms with Crippen LogP contribution in [0.25, 0.3) is 0 Å². The summed E-state index contributed by atoms with van der Waals surface area (Å²) in [7, 11) is 0. The zero-order valence-corrected chi connectivity index (χ0v) is 17.7. The van der Waals surface area contributed by atoms with E-state index in [4.69, 9.17) is 0 Å². The predicted octanol–water partition coefficient (Wildman–Crippen LogP) is 7.67. The minimum Gasteiger partial charge on any atom is -0.0654 e. The van der Waals surface area contributed by atoms with E-state index in [1.807, 2.05) is 0 Å². The molecular weight excluding hydrogens is 263 g/mol. The molecule has 0 unspecified atom stereocenters. The van der Waals surface area contributed by atoms with Gasteiger partial charge in [-0.1, -0.05) is 129 Å². The molecule has 0 spiro atoms. The van der Waals surface area contributed by atoms with Gasteiger partial charge in [0.15, 0.2) is 0 Å². The Hall–Kier alpha value is 1.00. The number of hydrogen-bond donors (Lipinski definition) is 0. The van der Waals surface area contributed by atoms with Crippen LogP contribution in [0.15, 0.2) is 0 Å². The van der Waals surface area contributed by atoms with Gasteiger partial charge in [-0.2, -0.15) is 0 Å². The predicted molar refractivity (Wildman–Crippen MR) is 100 cm³/mol. The second-order valence-electron chi connectivity index (χ2n) is 6.66. The van der Waals surface area contributed by atoms with Crippen LogP contribution in [0.5, 0.6) is 0 Å². The van der Waals surface area contributed by atoms with E-state index in [0.717, 1.165) is 0 Å². The Kier molecular flexibility index (Phi) is 26.9. The zero-order chi connectivity index (χ0) is 14.7. The Morgan fingerprint density at radius 2 is 0.429 bits per heavy atom. The summed E-state index contributed by atoms with van der Waals surface area (Å²) in [5.74, 6) is 0. The van der Waals surface area contributed by atoms with E-state index in [0.29, 0.717) is 0 Å². The molecule has 0 aromatic heterocycles. The summed E-state index contributed by atoms with van der Waals surface area (Å²) in [5, 5.41) is 0. The summed E-state index contributed by atoms with van der Waals surface area (Å²) in [6, 6.07) is 0. The Labute approximate surface area is 158 Å². The van der Waals surface area contributed by atoms with Crippen LogP contribution in [0, 0.1) is 0 Å². The quantitative estimate of drug-likeness (QED) is 0.191. The van der Waals surface area contributed by atoms with Crippen LogP contribution < -0.4 is 0 Å². The van der Waals surface area contributed by atoms with Crippen molar-refractivity contribution in [2.24, 2.45) is 0 Å². The Morgan fingerprint density at radius 3 is 0.571 bits per heavy atom. The summed E-state index contributed by atoms with van der Waals surface area (Å²) in [5.41, 5.74) is 0. The first-order valence-corrected chi connectivity index (χ1v) is 9.91. The molecule has 0 aliphatic carbocycles. The molecule has 0 bridgehead atoms. The maximum Gasteiger partial charge on any atom is 0 e. The molecule has 123 valence electrons. The van der Waals surface area contributed by atoms with Gasteiger partial charge in [-0.3, -0.25) is 0 Å². The molecule has 0 aliphatic rings. The first-order valence-electron chi connectivity index (χ1n) is 9.91. The smallest absolute Gasteiger partial charge is 0 e. The summed E-state index contributed by atoms with van der Waals surface area (Å²) in [6.45, 7) is 4.59. The second kappa shape index (κ2) is 23.3. The summed E-state index contributed by atoms with van der Waals surface area (Å²) >= 11 is 0. The Morgan fingerprint density at radius 1 is 0.286 bits per heavy atom. The van der Waals surface area contributed by atoms with Crippen molar-refractivity contribution in [3.05, 3.63) is 0 Å². The number of unbranched alkanes of at least 4 members (excludes halogenated alkanes) is 17. The molecule has 0 aromatic carbocycles.